The second-order valence-corrected chi connectivity index (χ2v) is 5.74. The van der Waals surface area contributed by atoms with Crippen LogP contribution < -0.4 is 14.8 Å². The highest BCUT2D eigenvalue weighted by molar-refractivity contribution is 5.96. The van der Waals surface area contributed by atoms with E-state index in [0.717, 1.165) is 0 Å². The fourth-order valence-corrected chi connectivity index (χ4v) is 2.80. The molecule has 0 spiro atoms. The van der Waals surface area contributed by atoms with Gasteiger partial charge < -0.3 is 24.4 Å². The van der Waals surface area contributed by atoms with Gasteiger partial charge in [0.15, 0.2) is 17.1 Å². The Labute approximate surface area is 134 Å². The van der Waals surface area contributed by atoms with Gasteiger partial charge in [0.25, 0.3) is 11.8 Å². The number of morpholine rings is 1. The second kappa shape index (κ2) is 6.08. The molecule has 0 aliphatic carbocycles. The van der Waals surface area contributed by atoms with Gasteiger partial charge >= 0.3 is 0 Å². The highest BCUT2D eigenvalue weighted by Gasteiger charge is 2.40. The Hall–Kier alpha value is -2.28. The van der Waals surface area contributed by atoms with E-state index in [4.69, 9.17) is 14.2 Å². The van der Waals surface area contributed by atoms with Crippen molar-refractivity contribution in [3.05, 3.63) is 23.8 Å². The van der Waals surface area contributed by atoms with Crippen molar-refractivity contribution in [2.24, 2.45) is 0 Å². The predicted octanol–water partition coefficient (Wildman–Crippen LogP) is 0.435. The van der Waals surface area contributed by atoms with Crippen LogP contribution in [0.3, 0.4) is 0 Å². The number of rotatable bonds is 2. The molecule has 7 heteroatoms. The Morgan fingerprint density at radius 3 is 2.65 bits per heavy atom. The Morgan fingerprint density at radius 1 is 1.17 bits per heavy atom. The molecule has 0 saturated carbocycles. The van der Waals surface area contributed by atoms with Crippen LogP contribution in [0.5, 0.6) is 11.5 Å². The molecule has 1 fully saturated rings. The van der Waals surface area contributed by atoms with Crippen LogP contribution in [0, 0.1) is 0 Å². The molecule has 0 unspecified atom stereocenters. The van der Waals surface area contributed by atoms with Gasteiger partial charge in [0, 0.05) is 19.2 Å². The quantitative estimate of drug-likeness (QED) is 0.855. The van der Waals surface area contributed by atoms with E-state index in [-0.39, 0.29) is 18.4 Å². The van der Waals surface area contributed by atoms with Gasteiger partial charge in [-0.05, 0) is 25.1 Å². The largest absolute Gasteiger partial charge is 0.486 e. The molecule has 2 amide bonds. The molecular formula is C16H20N2O5. The predicted molar refractivity (Wildman–Crippen MR) is 81.8 cm³/mol. The van der Waals surface area contributed by atoms with Crippen LogP contribution in [0.1, 0.15) is 17.3 Å². The number of carbonyl (C=O) groups excluding carboxylic acids is 2. The van der Waals surface area contributed by atoms with Crippen LogP contribution >= 0.6 is 0 Å². The van der Waals surface area contributed by atoms with Gasteiger partial charge in [0.2, 0.25) is 0 Å². The van der Waals surface area contributed by atoms with E-state index >= 15 is 0 Å². The third kappa shape index (κ3) is 2.96. The summed E-state index contributed by atoms with van der Waals surface area (Å²) in [5.74, 6) is 0.826. The summed E-state index contributed by atoms with van der Waals surface area (Å²) in [5, 5.41) is 2.58. The van der Waals surface area contributed by atoms with Gasteiger partial charge in [0.05, 0.1) is 13.2 Å². The highest BCUT2D eigenvalue weighted by atomic mass is 16.6. The van der Waals surface area contributed by atoms with E-state index in [1.54, 1.807) is 37.1 Å². The number of fused-ring (bicyclic) bond motifs is 1. The first-order valence-corrected chi connectivity index (χ1v) is 7.58. The summed E-state index contributed by atoms with van der Waals surface area (Å²) in [6, 6.07) is 5.13. The minimum atomic E-state index is -1.03. The van der Waals surface area contributed by atoms with Crippen molar-refractivity contribution >= 4 is 11.8 Å². The van der Waals surface area contributed by atoms with E-state index < -0.39 is 5.60 Å². The molecule has 0 bridgehead atoms. The molecule has 1 atom stereocenters. The van der Waals surface area contributed by atoms with Crippen LogP contribution in [0.25, 0.3) is 0 Å². The maximum Gasteiger partial charge on any atom is 0.254 e. The number of amides is 2. The molecule has 2 heterocycles. The van der Waals surface area contributed by atoms with Crippen molar-refractivity contribution in [1.82, 2.24) is 10.2 Å². The molecule has 3 rings (SSSR count). The molecule has 1 aromatic rings. The molecule has 0 aromatic heterocycles. The lowest BCUT2D eigenvalue weighted by Crippen LogP contribution is -2.58. The monoisotopic (exact) mass is 320 g/mol. The summed E-state index contributed by atoms with van der Waals surface area (Å²) < 4.78 is 16.5. The van der Waals surface area contributed by atoms with Crippen LogP contribution in [0.4, 0.5) is 0 Å². The molecule has 0 radical (unpaired) electrons. The van der Waals surface area contributed by atoms with Crippen molar-refractivity contribution in [3.63, 3.8) is 0 Å². The molecule has 23 heavy (non-hydrogen) atoms. The fourth-order valence-electron chi connectivity index (χ4n) is 2.80. The van der Waals surface area contributed by atoms with Crippen molar-refractivity contribution in [2.75, 3.05) is 40.0 Å². The summed E-state index contributed by atoms with van der Waals surface area (Å²) >= 11 is 0. The number of likely N-dealkylation sites (N-methyl/N-ethyl adjacent to an activating group) is 1. The number of benzene rings is 1. The van der Waals surface area contributed by atoms with Gasteiger partial charge in [0.1, 0.15) is 13.2 Å². The Balaban J connectivity index is 1.78. The number of carbonyl (C=O) groups is 2. The van der Waals surface area contributed by atoms with Crippen molar-refractivity contribution in [3.8, 4) is 11.5 Å². The Morgan fingerprint density at radius 2 is 1.91 bits per heavy atom. The number of ether oxygens (including phenoxy) is 3. The normalized spacial score (nSPS) is 23.3. The SMILES string of the molecule is CNC(=O)[C@@]1(C)CN(C(=O)c2ccc3c(c2)OCCO3)CCO1. The van der Waals surface area contributed by atoms with Crippen molar-refractivity contribution < 1.29 is 23.8 Å². The smallest absolute Gasteiger partial charge is 0.254 e. The Kier molecular flexibility index (Phi) is 4.12. The lowest BCUT2D eigenvalue weighted by Gasteiger charge is -2.39. The van der Waals surface area contributed by atoms with E-state index in [9.17, 15) is 9.59 Å². The van der Waals surface area contributed by atoms with Crippen LogP contribution in [-0.2, 0) is 9.53 Å². The minimum Gasteiger partial charge on any atom is -0.486 e. The standard InChI is InChI=1S/C16H20N2O5/c1-16(15(20)17-2)10-18(5-6-23-16)14(19)11-3-4-12-13(9-11)22-8-7-21-12/h3-4,9H,5-8,10H2,1-2H3,(H,17,20)/t16-/m1/s1. The topological polar surface area (TPSA) is 77.1 Å². The summed E-state index contributed by atoms with van der Waals surface area (Å²) in [6.07, 6.45) is 0. The molecule has 2 aliphatic rings. The number of nitrogens with one attached hydrogen (secondary N) is 1. The van der Waals surface area contributed by atoms with E-state index in [0.29, 0.717) is 43.4 Å². The third-order valence-electron chi connectivity index (χ3n) is 4.06. The van der Waals surface area contributed by atoms with Crippen molar-refractivity contribution in [1.29, 1.82) is 0 Å². The molecule has 1 saturated heterocycles. The molecule has 2 aliphatic heterocycles. The first-order chi connectivity index (χ1) is 11.0. The maximum atomic E-state index is 12.7. The zero-order valence-corrected chi connectivity index (χ0v) is 13.3. The zero-order chi connectivity index (χ0) is 16.4. The third-order valence-corrected chi connectivity index (χ3v) is 4.06. The van der Waals surface area contributed by atoms with E-state index in [2.05, 4.69) is 5.32 Å². The fraction of sp³-hybridized carbons (Fsp3) is 0.500. The van der Waals surface area contributed by atoms with E-state index in [1.807, 2.05) is 0 Å². The van der Waals surface area contributed by atoms with Gasteiger partial charge in [-0.3, -0.25) is 9.59 Å². The average Bonchev–Trinajstić information content (AvgIpc) is 2.60. The van der Waals surface area contributed by atoms with Crippen LogP contribution in [-0.4, -0.2) is 62.3 Å². The first-order valence-electron chi connectivity index (χ1n) is 7.58. The molecular weight excluding hydrogens is 300 g/mol. The number of hydrogen-bond donors (Lipinski definition) is 1. The molecule has 1 aromatic carbocycles. The van der Waals surface area contributed by atoms with Crippen molar-refractivity contribution in [2.45, 2.75) is 12.5 Å². The van der Waals surface area contributed by atoms with Gasteiger partial charge in [-0.15, -0.1) is 0 Å². The van der Waals surface area contributed by atoms with Crippen LogP contribution in [0.2, 0.25) is 0 Å². The highest BCUT2D eigenvalue weighted by Crippen LogP contribution is 2.31. The lowest BCUT2D eigenvalue weighted by molar-refractivity contribution is -0.153. The summed E-state index contributed by atoms with van der Waals surface area (Å²) in [5.41, 5.74) is -0.522. The molecule has 124 valence electrons. The summed E-state index contributed by atoms with van der Waals surface area (Å²) in [4.78, 5) is 26.3. The van der Waals surface area contributed by atoms with Gasteiger partial charge in [-0.25, -0.2) is 0 Å². The minimum absolute atomic E-state index is 0.152. The maximum absolute atomic E-state index is 12.7. The first kappa shape index (κ1) is 15.6. The Bertz CT molecular complexity index is 633. The van der Waals surface area contributed by atoms with E-state index in [1.165, 1.54) is 0 Å². The lowest BCUT2D eigenvalue weighted by atomic mass is 10.0. The van der Waals surface area contributed by atoms with Gasteiger partial charge in [-0.1, -0.05) is 0 Å². The van der Waals surface area contributed by atoms with Crippen LogP contribution in [0.15, 0.2) is 18.2 Å². The summed E-state index contributed by atoms with van der Waals surface area (Å²) in [6.45, 7) is 3.64. The number of nitrogens with zero attached hydrogens (tertiary/aromatic N) is 1. The summed E-state index contributed by atoms with van der Waals surface area (Å²) in [7, 11) is 1.55. The molecule has 7 nitrogen and oxygen atoms in total. The molecule has 1 N–H and O–H groups in total. The second-order valence-electron chi connectivity index (χ2n) is 5.74. The zero-order valence-electron chi connectivity index (χ0n) is 13.3. The van der Waals surface area contributed by atoms with Gasteiger partial charge in [-0.2, -0.15) is 0 Å². The average molecular weight is 320 g/mol. The number of hydrogen-bond acceptors (Lipinski definition) is 5.